The van der Waals surface area contributed by atoms with Gasteiger partial charge >= 0.3 is 0 Å². The molecule has 0 saturated heterocycles. The zero-order valence-corrected chi connectivity index (χ0v) is 12.0. The topological polar surface area (TPSA) is 40.5 Å². The Hall–Kier alpha value is -1.64. The van der Waals surface area contributed by atoms with Crippen molar-refractivity contribution >= 4 is 0 Å². The molecular weight excluding hydrogens is 260 g/mol. The summed E-state index contributed by atoms with van der Waals surface area (Å²) in [6.45, 7) is 0. The van der Waals surface area contributed by atoms with Crippen LogP contribution in [-0.2, 0) is 6.42 Å². The largest absolute Gasteiger partial charge is 0.366 e. The maximum Gasteiger partial charge on any atom is 0.162 e. The highest BCUT2D eigenvalue weighted by Gasteiger charge is 2.33. The van der Waals surface area contributed by atoms with Crippen LogP contribution in [0.3, 0.4) is 0 Å². The molecule has 0 atom stereocenters. The van der Waals surface area contributed by atoms with Crippen molar-refractivity contribution in [3.05, 3.63) is 59.2 Å². The summed E-state index contributed by atoms with van der Waals surface area (Å²) in [6, 6.07) is 15.2. The van der Waals surface area contributed by atoms with Gasteiger partial charge in [-0.2, -0.15) is 0 Å². The zero-order chi connectivity index (χ0) is 14.4. The number of hydrogen-bond donors (Lipinski definition) is 2. The van der Waals surface area contributed by atoms with E-state index < -0.39 is 5.79 Å². The van der Waals surface area contributed by atoms with E-state index >= 15 is 0 Å². The van der Waals surface area contributed by atoms with Gasteiger partial charge in [-0.3, -0.25) is 0 Å². The smallest absolute Gasteiger partial charge is 0.162 e. The fourth-order valence-corrected chi connectivity index (χ4v) is 3.96. The number of rotatable bonds is 1. The van der Waals surface area contributed by atoms with Gasteiger partial charge in [-0.15, -0.1) is 0 Å². The maximum atomic E-state index is 9.73. The quantitative estimate of drug-likeness (QED) is 0.669. The Bertz CT molecular complexity index is 678. The zero-order valence-electron chi connectivity index (χ0n) is 12.0. The van der Waals surface area contributed by atoms with E-state index in [0.29, 0.717) is 18.8 Å². The summed E-state index contributed by atoms with van der Waals surface area (Å²) in [7, 11) is 0. The predicted octanol–water partition coefficient (Wildman–Crippen LogP) is 3.60. The second-order valence-electron chi connectivity index (χ2n) is 6.46. The van der Waals surface area contributed by atoms with E-state index in [1.54, 1.807) is 0 Å². The first-order valence-electron chi connectivity index (χ1n) is 7.79. The molecular formula is C19H20O2. The molecule has 2 aliphatic carbocycles. The summed E-state index contributed by atoms with van der Waals surface area (Å²) < 4.78 is 0. The molecule has 4 rings (SSSR count). The molecule has 0 bridgehead atoms. The molecule has 108 valence electrons. The van der Waals surface area contributed by atoms with Crippen LogP contribution in [0, 0.1) is 0 Å². The minimum atomic E-state index is -1.45. The fraction of sp³-hybridized carbons (Fsp3) is 0.368. The van der Waals surface area contributed by atoms with Gasteiger partial charge in [0.15, 0.2) is 5.79 Å². The molecule has 2 aromatic rings. The van der Waals surface area contributed by atoms with Crippen molar-refractivity contribution in [2.75, 3.05) is 0 Å². The summed E-state index contributed by atoms with van der Waals surface area (Å²) in [5, 5.41) is 19.5. The van der Waals surface area contributed by atoms with E-state index in [9.17, 15) is 10.2 Å². The monoisotopic (exact) mass is 280 g/mol. The van der Waals surface area contributed by atoms with Crippen molar-refractivity contribution in [2.24, 2.45) is 0 Å². The van der Waals surface area contributed by atoms with Crippen molar-refractivity contribution in [1.29, 1.82) is 0 Å². The van der Waals surface area contributed by atoms with Gasteiger partial charge in [-0.1, -0.05) is 42.5 Å². The van der Waals surface area contributed by atoms with Crippen LogP contribution in [0.15, 0.2) is 42.5 Å². The Kier molecular flexibility index (Phi) is 2.91. The van der Waals surface area contributed by atoms with Crippen molar-refractivity contribution < 1.29 is 10.2 Å². The summed E-state index contributed by atoms with van der Waals surface area (Å²) in [5.41, 5.74) is 7.01. The molecule has 1 saturated carbocycles. The van der Waals surface area contributed by atoms with Crippen LogP contribution in [0.2, 0.25) is 0 Å². The Labute approximate surface area is 125 Å². The highest BCUT2D eigenvalue weighted by atomic mass is 16.5. The fourth-order valence-electron chi connectivity index (χ4n) is 3.96. The van der Waals surface area contributed by atoms with Crippen molar-refractivity contribution in [3.63, 3.8) is 0 Å². The van der Waals surface area contributed by atoms with Gasteiger partial charge in [0.05, 0.1) is 0 Å². The summed E-state index contributed by atoms with van der Waals surface area (Å²) in [6.07, 6.45) is 3.70. The van der Waals surface area contributed by atoms with Crippen LogP contribution in [-0.4, -0.2) is 16.0 Å². The third-order valence-electron chi connectivity index (χ3n) is 5.11. The molecule has 21 heavy (non-hydrogen) atoms. The van der Waals surface area contributed by atoms with Crippen molar-refractivity contribution in [3.8, 4) is 11.1 Å². The number of aliphatic hydroxyl groups is 2. The Morgan fingerprint density at radius 3 is 2.38 bits per heavy atom. The lowest BCUT2D eigenvalue weighted by molar-refractivity contribution is -0.182. The molecule has 0 radical (unpaired) electrons. The van der Waals surface area contributed by atoms with Crippen LogP contribution in [0.5, 0.6) is 0 Å². The Morgan fingerprint density at radius 2 is 1.57 bits per heavy atom. The van der Waals surface area contributed by atoms with Gasteiger partial charge in [-0.05, 0) is 53.0 Å². The molecule has 0 heterocycles. The molecule has 0 amide bonds. The molecule has 0 unspecified atom stereocenters. The number of fused-ring (bicyclic) bond motifs is 3. The van der Waals surface area contributed by atoms with E-state index in [2.05, 4.69) is 42.5 Å². The van der Waals surface area contributed by atoms with E-state index in [-0.39, 0.29) is 0 Å². The molecule has 0 aromatic heterocycles. The standard InChI is InChI=1S/C19H20O2/c20-19(21)10-8-13(9-11-19)15-6-3-7-17-16-5-2-1-4-14(16)12-18(15)17/h1-7,13,20-21H,8-12H2. The van der Waals surface area contributed by atoms with Crippen LogP contribution in [0.4, 0.5) is 0 Å². The van der Waals surface area contributed by atoms with E-state index in [1.165, 1.54) is 27.8 Å². The van der Waals surface area contributed by atoms with Crippen LogP contribution >= 0.6 is 0 Å². The first-order valence-corrected chi connectivity index (χ1v) is 7.79. The number of hydrogen-bond acceptors (Lipinski definition) is 2. The average Bonchev–Trinajstić information content (AvgIpc) is 2.86. The number of benzene rings is 2. The van der Waals surface area contributed by atoms with Crippen LogP contribution in [0.25, 0.3) is 11.1 Å². The highest BCUT2D eigenvalue weighted by Crippen LogP contribution is 2.44. The average molecular weight is 280 g/mol. The third kappa shape index (κ3) is 2.19. The molecule has 0 aliphatic heterocycles. The molecule has 0 spiro atoms. The van der Waals surface area contributed by atoms with E-state index in [1.807, 2.05) is 0 Å². The van der Waals surface area contributed by atoms with Gasteiger partial charge in [0.25, 0.3) is 0 Å². The van der Waals surface area contributed by atoms with E-state index in [4.69, 9.17) is 0 Å². The molecule has 2 heteroatoms. The predicted molar refractivity (Wildman–Crippen MR) is 83.1 cm³/mol. The minimum absolute atomic E-state index is 0.460. The normalized spacial score (nSPS) is 20.1. The Balaban J connectivity index is 1.71. The third-order valence-corrected chi connectivity index (χ3v) is 5.11. The minimum Gasteiger partial charge on any atom is -0.366 e. The van der Waals surface area contributed by atoms with Gasteiger partial charge in [0, 0.05) is 12.8 Å². The second-order valence-corrected chi connectivity index (χ2v) is 6.46. The van der Waals surface area contributed by atoms with Gasteiger partial charge in [-0.25, -0.2) is 0 Å². The molecule has 1 fully saturated rings. The summed E-state index contributed by atoms with van der Waals surface area (Å²) in [4.78, 5) is 0. The maximum absolute atomic E-state index is 9.73. The summed E-state index contributed by atoms with van der Waals surface area (Å²) >= 11 is 0. The van der Waals surface area contributed by atoms with Gasteiger partial charge < -0.3 is 10.2 Å². The first kappa shape index (κ1) is 13.1. The second kappa shape index (κ2) is 4.69. The molecule has 2 nitrogen and oxygen atoms in total. The molecule has 2 aromatic carbocycles. The highest BCUT2D eigenvalue weighted by molar-refractivity contribution is 5.78. The lowest BCUT2D eigenvalue weighted by Crippen LogP contribution is -2.32. The van der Waals surface area contributed by atoms with Crippen LogP contribution < -0.4 is 0 Å². The lowest BCUT2D eigenvalue weighted by atomic mass is 9.79. The summed E-state index contributed by atoms with van der Waals surface area (Å²) in [5.74, 6) is -0.987. The lowest BCUT2D eigenvalue weighted by Gasteiger charge is -2.32. The Morgan fingerprint density at radius 1 is 0.857 bits per heavy atom. The SMILES string of the molecule is OC1(O)CCC(c2cccc3c2Cc2ccccc2-3)CC1. The van der Waals surface area contributed by atoms with Crippen LogP contribution in [0.1, 0.15) is 48.3 Å². The molecule has 2 N–H and O–H groups in total. The van der Waals surface area contributed by atoms with Gasteiger partial charge in [0.1, 0.15) is 0 Å². The van der Waals surface area contributed by atoms with E-state index in [0.717, 1.165) is 19.3 Å². The first-order chi connectivity index (χ1) is 10.1. The molecule has 2 aliphatic rings. The van der Waals surface area contributed by atoms with Crippen molar-refractivity contribution in [2.45, 2.75) is 43.8 Å². The van der Waals surface area contributed by atoms with Crippen molar-refractivity contribution in [1.82, 2.24) is 0 Å². The van der Waals surface area contributed by atoms with Gasteiger partial charge in [0.2, 0.25) is 0 Å².